The number of nitrogens with one attached hydrogen (secondary N) is 2. The van der Waals surface area contributed by atoms with Crippen LogP contribution in [-0.4, -0.2) is 95.1 Å². The average Bonchev–Trinajstić information content (AvgIpc) is 3.99. The van der Waals surface area contributed by atoms with Crippen LogP contribution in [0.15, 0.2) is 42.6 Å². The molecule has 0 spiro atoms. The summed E-state index contributed by atoms with van der Waals surface area (Å²) in [5, 5.41) is 7.56. The molecule has 3 fully saturated rings. The van der Waals surface area contributed by atoms with E-state index in [9.17, 15) is 22.8 Å². The molecule has 2 aromatic heterocycles. The minimum atomic E-state index is -3.85. The first-order valence-electron chi connectivity index (χ1n) is 17.5. The molecule has 1 saturated heterocycles. The predicted octanol–water partition coefficient (Wildman–Crippen LogP) is 2.93. The second kappa shape index (κ2) is 13.6. The Morgan fingerprint density at radius 2 is 1.94 bits per heavy atom. The number of methoxy groups -OCH3 is 1. The molecule has 1 aromatic carbocycles. The molecule has 15 heteroatoms. The minimum Gasteiger partial charge on any atom is -0.496 e. The predicted molar refractivity (Wildman–Crippen MR) is 187 cm³/mol. The second-order valence-corrected chi connectivity index (χ2v) is 16.0. The molecule has 14 nitrogen and oxygen atoms in total. The Morgan fingerprint density at radius 3 is 2.67 bits per heavy atom. The number of pyridine rings is 1. The van der Waals surface area contributed by atoms with Crippen molar-refractivity contribution in [1.82, 2.24) is 29.7 Å². The van der Waals surface area contributed by atoms with E-state index >= 15 is 0 Å². The summed E-state index contributed by atoms with van der Waals surface area (Å²) in [6.07, 6.45) is 7.84. The van der Waals surface area contributed by atoms with E-state index in [1.165, 1.54) is 4.90 Å². The van der Waals surface area contributed by atoms with E-state index in [0.717, 1.165) is 30.2 Å². The third kappa shape index (κ3) is 6.93. The molecule has 4 heterocycles. The number of allylic oxidation sites excluding steroid dienone is 1. The number of ether oxygens (including phenoxy) is 3. The van der Waals surface area contributed by atoms with E-state index in [2.05, 4.69) is 15.1 Å². The summed E-state index contributed by atoms with van der Waals surface area (Å²) in [4.78, 5) is 48.1. The third-order valence-electron chi connectivity index (χ3n) is 10.3. The van der Waals surface area contributed by atoms with E-state index in [4.69, 9.17) is 19.2 Å². The lowest BCUT2D eigenvalue weighted by Crippen LogP contribution is -2.57. The van der Waals surface area contributed by atoms with Gasteiger partial charge in [0, 0.05) is 49.2 Å². The molecular weight excluding hydrogens is 676 g/mol. The number of sulfonamides is 1. The van der Waals surface area contributed by atoms with Crippen LogP contribution in [0.2, 0.25) is 0 Å². The number of carbonyl (C=O) groups excluding carboxylic acids is 3. The van der Waals surface area contributed by atoms with Crippen molar-refractivity contribution < 1.29 is 37.0 Å². The number of rotatable bonds is 7. The molecule has 5 unspecified atom stereocenters. The molecule has 0 bridgehead atoms. The number of hydrogen-bond acceptors (Lipinski definition) is 10. The molecule has 5 atom stereocenters. The lowest BCUT2D eigenvalue weighted by molar-refractivity contribution is -0.147. The Morgan fingerprint density at radius 1 is 1.14 bits per heavy atom. The highest BCUT2D eigenvalue weighted by atomic mass is 32.2. The van der Waals surface area contributed by atoms with Crippen LogP contribution in [0.5, 0.6) is 11.5 Å². The number of amides is 3. The van der Waals surface area contributed by atoms with Gasteiger partial charge in [-0.3, -0.25) is 23.8 Å². The topological polar surface area (TPSA) is 171 Å². The SMILES string of the molecule is COc1ccc2c(OC3CC4C(=O)NC5(C(=O)NS(=O)(=O)C6CC6)CC5C=CCCCCOC(C)C(=O)N4C3)cc(-c3ccn(C)n3)nc2c1C. The van der Waals surface area contributed by atoms with E-state index in [1.54, 1.807) is 24.8 Å². The fraction of sp³-hybridized carbons (Fsp3) is 0.528. The van der Waals surface area contributed by atoms with Crippen LogP contribution in [0, 0.1) is 12.8 Å². The zero-order valence-electron chi connectivity index (χ0n) is 29.3. The summed E-state index contributed by atoms with van der Waals surface area (Å²) in [6, 6.07) is 6.37. The number of benzene rings is 1. The van der Waals surface area contributed by atoms with Crippen LogP contribution >= 0.6 is 0 Å². The van der Waals surface area contributed by atoms with Gasteiger partial charge >= 0.3 is 0 Å². The molecule has 2 saturated carbocycles. The number of aromatic nitrogens is 3. The Bertz CT molecular complexity index is 2010. The number of nitrogens with zero attached hydrogens (tertiary/aromatic N) is 4. The Hall–Kier alpha value is -4.50. The maximum Gasteiger partial charge on any atom is 0.259 e. The van der Waals surface area contributed by atoms with Gasteiger partial charge in [-0.15, -0.1) is 0 Å². The van der Waals surface area contributed by atoms with Crippen molar-refractivity contribution >= 4 is 38.6 Å². The van der Waals surface area contributed by atoms with E-state index in [0.29, 0.717) is 47.9 Å². The lowest BCUT2D eigenvalue weighted by Gasteiger charge is -2.28. The fourth-order valence-corrected chi connectivity index (χ4v) is 8.46. The minimum absolute atomic E-state index is 0.0844. The molecule has 2 aliphatic carbocycles. The van der Waals surface area contributed by atoms with Gasteiger partial charge in [-0.1, -0.05) is 12.2 Å². The fourth-order valence-electron chi connectivity index (χ4n) is 7.09. The van der Waals surface area contributed by atoms with Gasteiger partial charge in [0.2, 0.25) is 15.9 Å². The normalized spacial score (nSPS) is 27.2. The molecule has 2 N–H and O–H groups in total. The zero-order chi connectivity index (χ0) is 36.1. The van der Waals surface area contributed by atoms with Crippen LogP contribution in [0.1, 0.15) is 57.4 Å². The first-order valence-corrected chi connectivity index (χ1v) is 19.1. The van der Waals surface area contributed by atoms with Crippen LogP contribution < -0.4 is 19.5 Å². The summed E-state index contributed by atoms with van der Waals surface area (Å²) in [5.41, 5.74) is 1.27. The molecule has 0 radical (unpaired) electrons. The van der Waals surface area contributed by atoms with Crippen molar-refractivity contribution in [3.63, 3.8) is 0 Å². The molecule has 7 rings (SSSR count). The molecule has 51 heavy (non-hydrogen) atoms. The maximum absolute atomic E-state index is 14.2. The molecule has 3 amide bonds. The summed E-state index contributed by atoms with van der Waals surface area (Å²) in [6.45, 7) is 4.05. The number of carbonyl (C=O) groups is 3. The van der Waals surface area contributed by atoms with Crippen molar-refractivity contribution in [3.8, 4) is 22.9 Å². The highest BCUT2D eigenvalue weighted by Gasteiger charge is 2.62. The van der Waals surface area contributed by atoms with Crippen LogP contribution in [-0.2, 0) is 36.2 Å². The quantitative estimate of drug-likeness (QED) is 0.346. The lowest BCUT2D eigenvalue weighted by atomic mass is 10.1. The van der Waals surface area contributed by atoms with Gasteiger partial charge in [0.25, 0.3) is 11.8 Å². The Kier molecular flexibility index (Phi) is 9.29. The molecule has 2 aliphatic heterocycles. The Labute approximate surface area is 296 Å². The molecular formula is C36H44N6O8S. The Balaban J connectivity index is 1.21. The smallest absolute Gasteiger partial charge is 0.259 e. The number of aryl methyl sites for hydroxylation is 2. The second-order valence-electron chi connectivity index (χ2n) is 14.0. The molecule has 3 aromatic rings. The van der Waals surface area contributed by atoms with Gasteiger partial charge in [0.1, 0.15) is 41.0 Å². The first kappa shape index (κ1) is 34.9. The largest absolute Gasteiger partial charge is 0.496 e. The molecule has 4 aliphatic rings. The van der Waals surface area contributed by atoms with E-state index in [1.807, 2.05) is 50.5 Å². The average molecular weight is 721 g/mol. The van der Waals surface area contributed by atoms with Crippen molar-refractivity contribution in [2.45, 2.75) is 87.8 Å². The highest BCUT2D eigenvalue weighted by molar-refractivity contribution is 7.91. The standard InChI is InChI=1S/C36H44N6O8S/c1-21-30(48-4)13-12-26-31(18-28(37-32(21)26)27-14-15-41(3)39-27)50-24-17-29-33(43)38-36(35(45)40-51(46,47)25-10-11-25)19-23(36)9-7-5-6-8-16-49-22(2)34(44)42(29)20-24/h7,9,12-15,18,22-25,29H,5-6,8,10-11,16-17,19-20H2,1-4H3,(H,38,43)(H,40,45). The van der Waals surface area contributed by atoms with Crippen LogP contribution in [0.4, 0.5) is 0 Å². The third-order valence-corrected chi connectivity index (χ3v) is 12.1. The van der Waals surface area contributed by atoms with Gasteiger partial charge in [0.05, 0.1) is 30.1 Å². The van der Waals surface area contributed by atoms with Gasteiger partial charge in [-0.05, 0) is 70.6 Å². The van der Waals surface area contributed by atoms with Crippen molar-refractivity contribution in [2.75, 3.05) is 20.3 Å². The van der Waals surface area contributed by atoms with Gasteiger partial charge in [-0.25, -0.2) is 13.4 Å². The monoisotopic (exact) mass is 720 g/mol. The van der Waals surface area contributed by atoms with E-state index < -0.39 is 50.9 Å². The summed E-state index contributed by atoms with van der Waals surface area (Å²) in [5.74, 6) is -0.894. The number of fused-ring (bicyclic) bond motifs is 3. The van der Waals surface area contributed by atoms with Crippen molar-refractivity contribution in [2.24, 2.45) is 13.0 Å². The maximum atomic E-state index is 14.2. The van der Waals surface area contributed by atoms with Crippen molar-refractivity contribution in [1.29, 1.82) is 0 Å². The summed E-state index contributed by atoms with van der Waals surface area (Å²) < 4.78 is 47.6. The van der Waals surface area contributed by atoms with Gasteiger partial charge < -0.3 is 24.4 Å². The van der Waals surface area contributed by atoms with Crippen LogP contribution in [0.25, 0.3) is 22.3 Å². The zero-order valence-corrected chi connectivity index (χ0v) is 30.1. The first-order chi connectivity index (χ1) is 24.4. The summed E-state index contributed by atoms with van der Waals surface area (Å²) in [7, 11) is -0.431. The van der Waals surface area contributed by atoms with E-state index in [-0.39, 0.29) is 31.2 Å². The highest BCUT2D eigenvalue weighted by Crippen LogP contribution is 2.46. The van der Waals surface area contributed by atoms with Gasteiger partial charge in [-0.2, -0.15) is 5.10 Å². The van der Waals surface area contributed by atoms with Crippen molar-refractivity contribution in [3.05, 3.63) is 48.2 Å². The van der Waals surface area contributed by atoms with Gasteiger partial charge in [0.15, 0.2) is 0 Å². The summed E-state index contributed by atoms with van der Waals surface area (Å²) >= 11 is 0. The number of hydrogen-bond donors (Lipinski definition) is 2. The van der Waals surface area contributed by atoms with Crippen LogP contribution in [0.3, 0.4) is 0 Å². The molecule has 272 valence electrons.